The first-order valence-corrected chi connectivity index (χ1v) is 6.66. The van der Waals surface area contributed by atoms with Crippen LogP contribution in [0.15, 0.2) is 12.1 Å². The van der Waals surface area contributed by atoms with Crippen molar-refractivity contribution in [3.63, 3.8) is 0 Å². The van der Waals surface area contributed by atoms with Crippen LogP contribution in [0.3, 0.4) is 0 Å². The Morgan fingerprint density at radius 1 is 1.17 bits per heavy atom. The van der Waals surface area contributed by atoms with Crippen LogP contribution in [0.5, 0.6) is 17.2 Å². The van der Waals surface area contributed by atoms with E-state index in [9.17, 15) is 0 Å². The van der Waals surface area contributed by atoms with E-state index >= 15 is 0 Å². The molecule has 0 aromatic heterocycles. The summed E-state index contributed by atoms with van der Waals surface area (Å²) in [7, 11) is 0. The van der Waals surface area contributed by atoms with Gasteiger partial charge >= 0.3 is 0 Å². The Bertz CT molecular complexity index is 427. The molecular formula is C14H19NO3. The summed E-state index contributed by atoms with van der Waals surface area (Å²) >= 11 is 0. The molecule has 1 aromatic carbocycles. The Morgan fingerprint density at radius 3 is 2.61 bits per heavy atom. The van der Waals surface area contributed by atoms with E-state index in [1.807, 2.05) is 12.1 Å². The topological polar surface area (TPSA) is 53.7 Å². The molecule has 0 spiro atoms. The van der Waals surface area contributed by atoms with Crippen LogP contribution in [0, 0.1) is 0 Å². The first-order valence-electron chi connectivity index (χ1n) is 6.66. The van der Waals surface area contributed by atoms with Gasteiger partial charge in [-0.15, -0.1) is 0 Å². The van der Waals surface area contributed by atoms with Crippen LogP contribution in [0.2, 0.25) is 0 Å². The zero-order chi connectivity index (χ0) is 12.4. The van der Waals surface area contributed by atoms with Gasteiger partial charge in [0.25, 0.3) is 0 Å². The molecule has 18 heavy (non-hydrogen) atoms. The van der Waals surface area contributed by atoms with Gasteiger partial charge in [-0.05, 0) is 50.3 Å². The van der Waals surface area contributed by atoms with Gasteiger partial charge in [-0.1, -0.05) is 0 Å². The van der Waals surface area contributed by atoms with E-state index in [1.165, 1.54) is 12.8 Å². The fourth-order valence-corrected chi connectivity index (χ4v) is 2.61. The molecule has 2 N–H and O–H groups in total. The van der Waals surface area contributed by atoms with Crippen molar-refractivity contribution in [2.75, 3.05) is 13.3 Å². The summed E-state index contributed by atoms with van der Waals surface area (Å²) in [6.07, 6.45) is 5.98. The van der Waals surface area contributed by atoms with Crippen LogP contribution >= 0.6 is 0 Å². The number of rotatable bonds is 4. The van der Waals surface area contributed by atoms with Crippen molar-refractivity contribution in [2.45, 2.75) is 38.2 Å². The average Bonchev–Trinajstić information content (AvgIpc) is 3.00. The highest BCUT2D eigenvalue weighted by molar-refractivity contribution is 5.52. The van der Waals surface area contributed by atoms with Gasteiger partial charge in [-0.25, -0.2) is 0 Å². The fourth-order valence-electron chi connectivity index (χ4n) is 2.61. The molecule has 1 fully saturated rings. The summed E-state index contributed by atoms with van der Waals surface area (Å²) in [6, 6.07) is 3.95. The zero-order valence-electron chi connectivity index (χ0n) is 10.5. The molecular weight excluding hydrogens is 230 g/mol. The van der Waals surface area contributed by atoms with Gasteiger partial charge in [0.1, 0.15) is 5.75 Å². The maximum Gasteiger partial charge on any atom is 0.231 e. The third-order valence-electron chi connectivity index (χ3n) is 3.57. The van der Waals surface area contributed by atoms with Crippen molar-refractivity contribution >= 4 is 0 Å². The quantitative estimate of drug-likeness (QED) is 0.889. The van der Waals surface area contributed by atoms with E-state index in [0.29, 0.717) is 19.4 Å². The SMILES string of the molecule is NCCc1cc2c(cc1OC1CCCC1)OCO2. The molecule has 0 saturated heterocycles. The fraction of sp³-hybridized carbons (Fsp3) is 0.571. The molecule has 1 aliphatic heterocycles. The van der Waals surface area contributed by atoms with Crippen LogP contribution < -0.4 is 19.9 Å². The van der Waals surface area contributed by atoms with Crippen LogP contribution in [0.4, 0.5) is 0 Å². The Labute approximate surface area is 107 Å². The average molecular weight is 249 g/mol. The van der Waals surface area contributed by atoms with Crippen molar-refractivity contribution in [1.82, 2.24) is 0 Å². The molecule has 0 radical (unpaired) electrons. The largest absolute Gasteiger partial charge is 0.490 e. The number of hydrogen-bond acceptors (Lipinski definition) is 4. The lowest BCUT2D eigenvalue weighted by molar-refractivity contribution is 0.173. The Morgan fingerprint density at radius 2 is 1.89 bits per heavy atom. The second kappa shape index (κ2) is 5.06. The van der Waals surface area contributed by atoms with Gasteiger partial charge in [0, 0.05) is 6.07 Å². The number of fused-ring (bicyclic) bond motifs is 1. The molecule has 1 heterocycles. The molecule has 0 unspecified atom stereocenters. The summed E-state index contributed by atoms with van der Waals surface area (Å²) in [5.41, 5.74) is 6.77. The summed E-state index contributed by atoms with van der Waals surface area (Å²) in [5.74, 6) is 2.50. The normalized spacial score (nSPS) is 18.3. The number of benzene rings is 1. The lowest BCUT2D eigenvalue weighted by Crippen LogP contribution is -2.13. The van der Waals surface area contributed by atoms with Crippen LogP contribution in [-0.2, 0) is 6.42 Å². The highest BCUT2D eigenvalue weighted by Crippen LogP contribution is 2.39. The Balaban J connectivity index is 1.85. The van der Waals surface area contributed by atoms with E-state index in [2.05, 4.69) is 0 Å². The van der Waals surface area contributed by atoms with Gasteiger partial charge in [0.15, 0.2) is 11.5 Å². The maximum absolute atomic E-state index is 6.09. The first kappa shape index (κ1) is 11.7. The monoisotopic (exact) mass is 249 g/mol. The second-order valence-electron chi connectivity index (χ2n) is 4.88. The van der Waals surface area contributed by atoms with Gasteiger partial charge < -0.3 is 19.9 Å². The number of nitrogens with two attached hydrogens (primary N) is 1. The van der Waals surface area contributed by atoms with Crippen molar-refractivity contribution in [1.29, 1.82) is 0 Å². The first-order chi connectivity index (χ1) is 8.86. The van der Waals surface area contributed by atoms with E-state index < -0.39 is 0 Å². The molecule has 2 aliphatic rings. The molecule has 1 aromatic rings. The minimum atomic E-state index is 0.296. The van der Waals surface area contributed by atoms with E-state index in [1.54, 1.807) is 0 Å². The summed E-state index contributed by atoms with van der Waals surface area (Å²) in [4.78, 5) is 0. The van der Waals surface area contributed by atoms with E-state index in [4.69, 9.17) is 19.9 Å². The van der Waals surface area contributed by atoms with Gasteiger partial charge in [0.2, 0.25) is 6.79 Å². The molecule has 3 rings (SSSR count). The molecule has 1 aliphatic carbocycles. The predicted octanol–water partition coefficient (Wildman–Crippen LogP) is 2.24. The van der Waals surface area contributed by atoms with Crippen LogP contribution in [0.25, 0.3) is 0 Å². The molecule has 4 heteroatoms. The van der Waals surface area contributed by atoms with Crippen LogP contribution in [0.1, 0.15) is 31.2 Å². The van der Waals surface area contributed by atoms with Crippen molar-refractivity contribution in [3.8, 4) is 17.2 Å². The molecule has 0 bridgehead atoms. The Hall–Kier alpha value is -1.42. The molecule has 0 amide bonds. The Kier molecular flexibility index (Phi) is 3.28. The highest BCUT2D eigenvalue weighted by atomic mass is 16.7. The minimum absolute atomic E-state index is 0.296. The standard InChI is InChI=1S/C14H19NO3/c15-6-5-10-7-13-14(17-9-16-13)8-12(10)18-11-3-1-2-4-11/h7-8,11H,1-6,9,15H2. The summed E-state index contributed by atoms with van der Waals surface area (Å²) in [6.45, 7) is 0.908. The molecule has 1 saturated carbocycles. The number of ether oxygens (including phenoxy) is 3. The molecule has 0 atom stereocenters. The lowest BCUT2D eigenvalue weighted by atomic mass is 10.1. The van der Waals surface area contributed by atoms with Crippen molar-refractivity contribution < 1.29 is 14.2 Å². The second-order valence-corrected chi connectivity index (χ2v) is 4.88. The highest BCUT2D eigenvalue weighted by Gasteiger charge is 2.21. The third kappa shape index (κ3) is 2.25. The smallest absolute Gasteiger partial charge is 0.231 e. The molecule has 4 nitrogen and oxygen atoms in total. The van der Waals surface area contributed by atoms with Gasteiger partial charge in [0.05, 0.1) is 6.10 Å². The van der Waals surface area contributed by atoms with Crippen molar-refractivity contribution in [3.05, 3.63) is 17.7 Å². The zero-order valence-corrected chi connectivity index (χ0v) is 10.5. The van der Waals surface area contributed by atoms with E-state index in [0.717, 1.165) is 42.1 Å². The number of hydrogen-bond donors (Lipinski definition) is 1. The van der Waals surface area contributed by atoms with Gasteiger partial charge in [-0.2, -0.15) is 0 Å². The van der Waals surface area contributed by atoms with Crippen LogP contribution in [-0.4, -0.2) is 19.4 Å². The third-order valence-corrected chi connectivity index (χ3v) is 3.57. The van der Waals surface area contributed by atoms with E-state index in [-0.39, 0.29) is 0 Å². The minimum Gasteiger partial charge on any atom is -0.490 e. The predicted molar refractivity (Wildman–Crippen MR) is 68.2 cm³/mol. The van der Waals surface area contributed by atoms with Gasteiger partial charge in [-0.3, -0.25) is 0 Å². The lowest BCUT2D eigenvalue weighted by Gasteiger charge is -2.17. The molecule has 98 valence electrons. The van der Waals surface area contributed by atoms with Crippen molar-refractivity contribution in [2.24, 2.45) is 5.73 Å². The summed E-state index contributed by atoms with van der Waals surface area (Å²) < 4.78 is 16.9. The summed E-state index contributed by atoms with van der Waals surface area (Å²) in [5, 5.41) is 0. The maximum atomic E-state index is 6.09.